The van der Waals surface area contributed by atoms with Gasteiger partial charge in [0.15, 0.2) is 0 Å². The Morgan fingerprint density at radius 3 is 3.05 bits per heavy atom. The molecule has 1 amide bonds. The van der Waals surface area contributed by atoms with E-state index < -0.39 is 0 Å². The van der Waals surface area contributed by atoms with Gasteiger partial charge in [0.05, 0.1) is 12.0 Å². The van der Waals surface area contributed by atoms with Gasteiger partial charge in [-0.15, -0.1) is 0 Å². The van der Waals surface area contributed by atoms with Crippen LogP contribution in [-0.2, 0) is 4.79 Å². The molecule has 1 aromatic rings. The lowest BCUT2D eigenvalue weighted by Gasteiger charge is -2.38. The highest BCUT2D eigenvalue weighted by Gasteiger charge is 2.41. The van der Waals surface area contributed by atoms with E-state index in [1.165, 1.54) is 5.56 Å². The summed E-state index contributed by atoms with van der Waals surface area (Å²) in [6, 6.07) is 6.36. The zero-order valence-electron chi connectivity index (χ0n) is 11.6. The summed E-state index contributed by atoms with van der Waals surface area (Å²) < 4.78 is 0. The minimum absolute atomic E-state index is 0.100. The van der Waals surface area contributed by atoms with Crippen LogP contribution < -0.4 is 16.0 Å². The third-order valence-electron chi connectivity index (χ3n) is 4.33. The fourth-order valence-corrected chi connectivity index (χ4v) is 3.51. The smallest absolute Gasteiger partial charge is 0.225 e. The minimum Gasteiger partial charge on any atom is -0.389 e. The van der Waals surface area contributed by atoms with Gasteiger partial charge in [-0.2, -0.15) is 0 Å². The second kappa shape index (κ2) is 5.05. The van der Waals surface area contributed by atoms with Crippen molar-refractivity contribution in [2.24, 2.45) is 11.7 Å². The van der Waals surface area contributed by atoms with Gasteiger partial charge in [-0.3, -0.25) is 4.79 Å². The molecule has 0 aliphatic carbocycles. The number of carbonyl (C=O) groups excluding carboxylic acids is 1. The highest BCUT2D eigenvalue weighted by molar-refractivity contribution is 7.80. The number of nitrogens with zero attached hydrogens (tertiary/aromatic N) is 1. The Kier molecular flexibility index (Phi) is 3.38. The van der Waals surface area contributed by atoms with Gasteiger partial charge in [-0.1, -0.05) is 18.3 Å². The summed E-state index contributed by atoms with van der Waals surface area (Å²) >= 11 is 5.17. The molecule has 4 nitrogen and oxygen atoms in total. The molecule has 3 N–H and O–H groups in total. The molecule has 3 rings (SSSR count). The number of carbonyl (C=O) groups is 1. The molecule has 2 unspecified atom stereocenters. The van der Waals surface area contributed by atoms with E-state index in [1.54, 1.807) is 0 Å². The lowest BCUT2D eigenvalue weighted by atomic mass is 9.90. The molecular weight excluding hydrogens is 270 g/mol. The maximum Gasteiger partial charge on any atom is 0.225 e. The van der Waals surface area contributed by atoms with Crippen molar-refractivity contribution in [3.05, 3.63) is 29.3 Å². The fourth-order valence-electron chi connectivity index (χ4n) is 3.34. The first-order chi connectivity index (χ1) is 9.58. The maximum atomic E-state index is 11.9. The van der Waals surface area contributed by atoms with Gasteiger partial charge >= 0.3 is 0 Å². The Hall–Kier alpha value is -1.62. The number of aryl methyl sites for hydroxylation is 1. The Labute approximate surface area is 124 Å². The zero-order valence-corrected chi connectivity index (χ0v) is 12.4. The summed E-state index contributed by atoms with van der Waals surface area (Å²) in [6.07, 6.45) is 2.00. The summed E-state index contributed by atoms with van der Waals surface area (Å²) in [5.41, 5.74) is 9.02. The van der Waals surface area contributed by atoms with Crippen molar-refractivity contribution in [1.82, 2.24) is 5.32 Å². The molecule has 2 aliphatic rings. The first-order valence-electron chi connectivity index (χ1n) is 7.03. The molecule has 1 aromatic carbocycles. The number of amides is 1. The van der Waals surface area contributed by atoms with Crippen molar-refractivity contribution >= 4 is 28.8 Å². The van der Waals surface area contributed by atoms with Crippen LogP contribution in [0.3, 0.4) is 0 Å². The minimum atomic E-state index is 0.100. The van der Waals surface area contributed by atoms with Crippen LogP contribution in [0, 0.1) is 12.8 Å². The molecule has 2 aliphatic heterocycles. The van der Waals surface area contributed by atoms with Gasteiger partial charge in [0, 0.05) is 24.3 Å². The number of nitrogens with one attached hydrogen (secondary N) is 1. The van der Waals surface area contributed by atoms with Gasteiger partial charge in [0.25, 0.3) is 0 Å². The van der Waals surface area contributed by atoms with Crippen LogP contribution in [0.4, 0.5) is 5.69 Å². The Balaban J connectivity index is 2.01. The normalized spacial score (nSPS) is 25.2. The van der Waals surface area contributed by atoms with Crippen LogP contribution in [0.15, 0.2) is 18.2 Å². The molecule has 2 saturated heterocycles. The zero-order chi connectivity index (χ0) is 14.3. The number of rotatable bonds is 2. The molecule has 2 fully saturated rings. The summed E-state index contributed by atoms with van der Waals surface area (Å²) in [4.78, 5) is 14.6. The van der Waals surface area contributed by atoms with Crippen LogP contribution in [0.5, 0.6) is 0 Å². The molecule has 0 radical (unpaired) electrons. The third kappa shape index (κ3) is 2.16. The molecule has 0 saturated carbocycles. The number of anilines is 1. The van der Waals surface area contributed by atoms with Gasteiger partial charge in [0.2, 0.25) is 5.91 Å². The second-order valence-electron chi connectivity index (χ2n) is 5.64. The van der Waals surface area contributed by atoms with Crippen molar-refractivity contribution in [2.75, 3.05) is 18.0 Å². The van der Waals surface area contributed by atoms with E-state index in [0.717, 1.165) is 30.6 Å². The van der Waals surface area contributed by atoms with Crippen molar-refractivity contribution in [2.45, 2.75) is 25.8 Å². The molecule has 0 bridgehead atoms. The van der Waals surface area contributed by atoms with Crippen LogP contribution in [0.2, 0.25) is 0 Å². The Bertz CT molecular complexity index is 572. The molecule has 20 heavy (non-hydrogen) atoms. The monoisotopic (exact) mass is 289 g/mol. The van der Waals surface area contributed by atoms with E-state index in [-0.39, 0.29) is 17.9 Å². The van der Waals surface area contributed by atoms with Gasteiger partial charge in [-0.25, -0.2) is 0 Å². The topological polar surface area (TPSA) is 58.4 Å². The van der Waals surface area contributed by atoms with Crippen LogP contribution in [0.25, 0.3) is 0 Å². The Morgan fingerprint density at radius 2 is 2.30 bits per heavy atom. The number of nitrogens with two attached hydrogens (primary N) is 1. The lowest BCUT2D eigenvalue weighted by Crippen LogP contribution is -2.46. The summed E-state index contributed by atoms with van der Waals surface area (Å²) in [6.45, 7) is 3.73. The molecule has 0 aromatic heterocycles. The SMILES string of the molecule is Cc1ccc(C(N)=S)c(N2CCCC3C(=O)NCC32)c1. The second-order valence-corrected chi connectivity index (χ2v) is 6.08. The van der Waals surface area contributed by atoms with Crippen molar-refractivity contribution < 1.29 is 4.79 Å². The van der Waals surface area contributed by atoms with Crippen LogP contribution in [-0.4, -0.2) is 30.0 Å². The molecule has 2 heterocycles. The highest BCUT2D eigenvalue weighted by atomic mass is 32.1. The number of hydrogen-bond acceptors (Lipinski definition) is 3. The number of thiocarbonyl (C=S) groups is 1. The highest BCUT2D eigenvalue weighted by Crippen LogP contribution is 2.33. The first kappa shape index (κ1) is 13.4. The number of benzene rings is 1. The number of piperidine rings is 1. The lowest BCUT2D eigenvalue weighted by molar-refractivity contribution is -0.122. The third-order valence-corrected chi connectivity index (χ3v) is 4.55. The average molecular weight is 289 g/mol. The number of fused-ring (bicyclic) bond motifs is 1. The maximum absolute atomic E-state index is 11.9. The van der Waals surface area contributed by atoms with Crippen molar-refractivity contribution in [3.63, 3.8) is 0 Å². The Morgan fingerprint density at radius 1 is 1.50 bits per heavy atom. The van der Waals surface area contributed by atoms with Gasteiger partial charge < -0.3 is 16.0 Å². The van der Waals surface area contributed by atoms with E-state index in [0.29, 0.717) is 11.5 Å². The van der Waals surface area contributed by atoms with Crippen LogP contribution in [0.1, 0.15) is 24.0 Å². The summed E-state index contributed by atoms with van der Waals surface area (Å²) in [5, 5.41) is 2.98. The largest absolute Gasteiger partial charge is 0.389 e. The predicted octanol–water partition coefficient (Wildman–Crippen LogP) is 1.34. The fraction of sp³-hybridized carbons (Fsp3) is 0.467. The predicted molar refractivity (Wildman–Crippen MR) is 83.9 cm³/mol. The van der Waals surface area contributed by atoms with E-state index in [9.17, 15) is 4.79 Å². The van der Waals surface area contributed by atoms with E-state index in [1.807, 2.05) is 12.1 Å². The van der Waals surface area contributed by atoms with Crippen molar-refractivity contribution in [1.29, 1.82) is 0 Å². The molecular formula is C15H19N3OS. The average Bonchev–Trinajstić information content (AvgIpc) is 2.80. The molecule has 0 spiro atoms. The van der Waals surface area contributed by atoms with Gasteiger partial charge in [-0.05, 0) is 37.5 Å². The van der Waals surface area contributed by atoms with Crippen molar-refractivity contribution in [3.8, 4) is 0 Å². The number of hydrogen-bond donors (Lipinski definition) is 2. The van der Waals surface area contributed by atoms with E-state index >= 15 is 0 Å². The quantitative estimate of drug-likeness (QED) is 0.807. The molecule has 2 atom stereocenters. The summed E-state index contributed by atoms with van der Waals surface area (Å²) in [7, 11) is 0. The molecule has 5 heteroatoms. The van der Waals surface area contributed by atoms with E-state index in [2.05, 4.69) is 23.2 Å². The standard InChI is InChI=1S/C15H19N3OS/c1-9-4-5-10(14(16)20)12(7-9)18-6-2-3-11-13(18)8-17-15(11)19/h4-5,7,11,13H,2-3,6,8H2,1H3,(H2,16,20)(H,17,19). The van der Waals surface area contributed by atoms with E-state index in [4.69, 9.17) is 18.0 Å². The van der Waals surface area contributed by atoms with Gasteiger partial charge in [0.1, 0.15) is 4.99 Å². The summed E-state index contributed by atoms with van der Waals surface area (Å²) in [5.74, 6) is 0.285. The van der Waals surface area contributed by atoms with Crippen LogP contribution >= 0.6 is 12.2 Å². The molecule has 106 valence electrons. The first-order valence-corrected chi connectivity index (χ1v) is 7.43.